The van der Waals surface area contributed by atoms with Crippen LogP contribution in [0.3, 0.4) is 0 Å². The predicted octanol–water partition coefficient (Wildman–Crippen LogP) is 1.21. The maximum absolute atomic E-state index is 11.9. The van der Waals surface area contributed by atoms with E-state index in [-0.39, 0.29) is 16.5 Å². The minimum atomic E-state index is -3.72. The molecular formula is C15H15N3O5S. The average molecular weight is 349 g/mol. The minimum Gasteiger partial charge on any atom is -0.352 e. The van der Waals surface area contributed by atoms with Gasteiger partial charge in [-0.25, -0.2) is 13.6 Å². The summed E-state index contributed by atoms with van der Waals surface area (Å²) in [4.78, 5) is 22.0. The largest absolute Gasteiger partial charge is 0.352 e. The number of nitro benzene ring substituents is 1. The number of carbonyl (C=O) groups excluding carboxylic acids is 1. The van der Waals surface area contributed by atoms with Crippen LogP contribution in [0.2, 0.25) is 0 Å². The van der Waals surface area contributed by atoms with Crippen molar-refractivity contribution in [1.82, 2.24) is 5.32 Å². The van der Waals surface area contributed by atoms with Crippen LogP contribution < -0.4 is 10.5 Å². The fourth-order valence-electron chi connectivity index (χ4n) is 2.00. The molecule has 0 aliphatic heterocycles. The summed E-state index contributed by atoms with van der Waals surface area (Å²) in [5, 5.41) is 18.3. The highest BCUT2D eigenvalue weighted by Gasteiger charge is 2.09. The monoisotopic (exact) mass is 349 g/mol. The summed E-state index contributed by atoms with van der Waals surface area (Å²) in [5.74, 6) is -0.342. The Labute approximate surface area is 138 Å². The Hall–Kier alpha value is -2.78. The van der Waals surface area contributed by atoms with Crippen LogP contribution in [-0.2, 0) is 16.4 Å². The average Bonchev–Trinajstić information content (AvgIpc) is 2.54. The molecule has 24 heavy (non-hydrogen) atoms. The third-order valence-electron chi connectivity index (χ3n) is 3.29. The fraction of sp³-hybridized carbons (Fsp3) is 0.133. The molecule has 2 rings (SSSR count). The molecule has 9 heteroatoms. The molecule has 0 aromatic heterocycles. The van der Waals surface area contributed by atoms with Gasteiger partial charge in [-0.3, -0.25) is 14.9 Å². The normalized spacial score (nSPS) is 11.0. The Bertz CT molecular complexity index is 846. The number of nitrogens with one attached hydrogen (secondary N) is 1. The van der Waals surface area contributed by atoms with Gasteiger partial charge in [0.25, 0.3) is 11.6 Å². The number of nitro groups is 1. The SMILES string of the molecule is NS(=O)(=O)c1ccc(CCNC(=O)c2ccc([N+](=O)[O-])cc2)cc1. The van der Waals surface area contributed by atoms with Crippen LogP contribution in [0.1, 0.15) is 15.9 Å². The number of nitrogens with two attached hydrogens (primary N) is 1. The molecule has 8 nitrogen and oxygen atoms in total. The highest BCUT2D eigenvalue weighted by atomic mass is 32.2. The Morgan fingerprint density at radius 3 is 2.17 bits per heavy atom. The predicted molar refractivity (Wildman–Crippen MR) is 86.9 cm³/mol. The second kappa shape index (κ2) is 7.20. The van der Waals surface area contributed by atoms with Crippen LogP contribution >= 0.6 is 0 Å². The van der Waals surface area contributed by atoms with Gasteiger partial charge in [0.15, 0.2) is 0 Å². The number of rotatable bonds is 6. The van der Waals surface area contributed by atoms with Gasteiger partial charge in [0.05, 0.1) is 9.82 Å². The van der Waals surface area contributed by atoms with E-state index in [9.17, 15) is 23.3 Å². The second-order valence-corrected chi connectivity index (χ2v) is 6.56. The topological polar surface area (TPSA) is 132 Å². The number of carbonyl (C=O) groups is 1. The van der Waals surface area contributed by atoms with E-state index in [2.05, 4.69) is 5.32 Å². The Morgan fingerprint density at radius 1 is 1.08 bits per heavy atom. The molecule has 0 spiro atoms. The van der Waals surface area contributed by atoms with Crippen LogP contribution in [0.15, 0.2) is 53.4 Å². The summed E-state index contributed by atoms with van der Waals surface area (Å²) in [6.45, 7) is 0.338. The molecule has 0 saturated heterocycles. The van der Waals surface area contributed by atoms with E-state index in [1.807, 2.05) is 0 Å². The highest BCUT2D eigenvalue weighted by Crippen LogP contribution is 2.12. The smallest absolute Gasteiger partial charge is 0.269 e. The van der Waals surface area contributed by atoms with Crippen LogP contribution in [0, 0.1) is 10.1 Å². The maximum atomic E-state index is 11.9. The summed E-state index contributed by atoms with van der Waals surface area (Å²) >= 11 is 0. The van der Waals surface area contributed by atoms with Gasteiger partial charge in [0.1, 0.15) is 0 Å². The standard InChI is InChI=1S/C15H15N3O5S/c16-24(22,23)14-7-1-11(2-8-14)9-10-17-15(19)12-3-5-13(6-4-12)18(20)21/h1-8H,9-10H2,(H,17,19)(H2,16,22,23). The quantitative estimate of drug-likeness (QED) is 0.597. The number of sulfonamides is 1. The van der Waals surface area contributed by atoms with Crippen LogP contribution in [0.5, 0.6) is 0 Å². The molecule has 126 valence electrons. The molecular weight excluding hydrogens is 334 g/mol. The summed E-state index contributed by atoms with van der Waals surface area (Å²) in [6.07, 6.45) is 0.504. The van der Waals surface area contributed by atoms with Gasteiger partial charge in [-0.15, -0.1) is 0 Å². The maximum Gasteiger partial charge on any atom is 0.269 e. The van der Waals surface area contributed by atoms with Gasteiger partial charge in [-0.05, 0) is 36.2 Å². The van der Waals surface area contributed by atoms with Crippen molar-refractivity contribution in [2.75, 3.05) is 6.54 Å². The zero-order valence-corrected chi connectivity index (χ0v) is 13.3. The van der Waals surface area contributed by atoms with E-state index in [1.54, 1.807) is 12.1 Å². The first-order valence-electron chi connectivity index (χ1n) is 6.92. The molecule has 0 saturated carbocycles. The molecule has 0 unspecified atom stereocenters. The third-order valence-corrected chi connectivity index (χ3v) is 4.22. The molecule has 0 aliphatic rings. The molecule has 1 amide bonds. The van der Waals surface area contributed by atoms with Crippen molar-refractivity contribution in [2.45, 2.75) is 11.3 Å². The zero-order valence-electron chi connectivity index (χ0n) is 12.5. The molecule has 2 aromatic rings. The number of hydrogen-bond donors (Lipinski definition) is 2. The van der Waals surface area contributed by atoms with Crippen molar-refractivity contribution >= 4 is 21.6 Å². The third kappa shape index (κ3) is 4.61. The second-order valence-electron chi connectivity index (χ2n) is 5.00. The van der Waals surface area contributed by atoms with Crippen LogP contribution in [0.4, 0.5) is 5.69 Å². The first kappa shape index (κ1) is 17.6. The van der Waals surface area contributed by atoms with Crippen molar-refractivity contribution in [3.05, 3.63) is 69.8 Å². The van der Waals surface area contributed by atoms with Crippen molar-refractivity contribution < 1.29 is 18.1 Å². The Balaban J connectivity index is 1.89. The summed E-state index contributed by atoms with van der Waals surface area (Å²) in [7, 11) is -3.72. The molecule has 2 aromatic carbocycles. The van der Waals surface area contributed by atoms with E-state index >= 15 is 0 Å². The van der Waals surface area contributed by atoms with Gasteiger partial charge in [-0.1, -0.05) is 12.1 Å². The lowest BCUT2D eigenvalue weighted by molar-refractivity contribution is -0.384. The van der Waals surface area contributed by atoms with Gasteiger partial charge < -0.3 is 5.32 Å². The Morgan fingerprint density at radius 2 is 1.67 bits per heavy atom. The number of non-ortho nitro benzene ring substituents is 1. The molecule has 0 bridgehead atoms. The fourth-order valence-corrected chi connectivity index (χ4v) is 2.52. The first-order valence-corrected chi connectivity index (χ1v) is 8.46. The van der Waals surface area contributed by atoms with E-state index in [1.165, 1.54) is 36.4 Å². The van der Waals surface area contributed by atoms with E-state index in [4.69, 9.17) is 5.14 Å². The molecule has 0 heterocycles. The molecule has 3 N–H and O–H groups in total. The Kier molecular flexibility index (Phi) is 5.27. The lowest BCUT2D eigenvalue weighted by Gasteiger charge is -2.06. The first-order chi connectivity index (χ1) is 11.3. The number of amides is 1. The number of nitrogens with zero attached hydrogens (tertiary/aromatic N) is 1. The lowest BCUT2D eigenvalue weighted by atomic mass is 10.1. The molecule has 0 radical (unpaired) electrons. The number of benzene rings is 2. The summed E-state index contributed by atoms with van der Waals surface area (Å²) in [6, 6.07) is 11.4. The van der Waals surface area contributed by atoms with E-state index < -0.39 is 14.9 Å². The van der Waals surface area contributed by atoms with Gasteiger partial charge in [0, 0.05) is 24.2 Å². The van der Waals surface area contributed by atoms with Crippen molar-refractivity contribution in [2.24, 2.45) is 5.14 Å². The highest BCUT2D eigenvalue weighted by molar-refractivity contribution is 7.89. The minimum absolute atomic E-state index is 0.0289. The van der Waals surface area contributed by atoms with Crippen molar-refractivity contribution in [3.8, 4) is 0 Å². The summed E-state index contributed by atoms with van der Waals surface area (Å²) < 4.78 is 22.3. The molecule has 0 aliphatic carbocycles. The van der Waals surface area contributed by atoms with Crippen molar-refractivity contribution in [3.63, 3.8) is 0 Å². The number of hydrogen-bond acceptors (Lipinski definition) is 5. The van der Waals surface area contributed by atoms with Crippen LogP contribution in [0.25, 0.3) is 0 Å². The lowest BCUT2D eigenvalue weighted by Crippen LogP contribution is -2.25. The van der Waals surface area contributed by atoms with E-state index in [0.717, 1.165) is 5.56 Å². The van der Waals surface area contributed by atoms with Gasteiger partial charge >= 0.3 is 0 Å². The van der Waals surface area contributed by atoms with Crippen LogP contribution in [-0.4, -0.2) is 25.8 Å². The van der Waals surface area contributed by atoms with Crippen molar-refractivity contribution in [1.29, 1.82) is 0 Å². The summed E-state index contributed by atoms with van der Waals surface area (Å²) in [5.41, 5.74) is 1.08. The molecule has 0 fully saturated rings. The van der Waals surface area contributed by atoms with Gasteiger partial charge in [0.2, 0.25) is 10.0 Å². The van der Waals surface area contributed by atoms with E-state index in [0.29, 0.717) is 18.5 Å². The zero-order chi connectivity index (χ0) is 17.7. The van der Waals surface area contributed by atoms with Gasteiger partial charge in [-0.2, -0.15) is 0 Å². The number of primary sulfonamides is 1. The molecule has 0 atom stereocenters.